The lowest BCUT2D eigenvalue weighted by Gasteiger charge is -2.10. The molecule has 3 rings (SSSR count). The fourth-order valence-corrected chi connectivity index (χ4v) is 3.58. The number of aryl methyl sites for hydroxylation is 1. The molecule has 0 amide bonds. The highest BCUT2D eigenvalue weighted by molar-refractivity contribution is 7.90. The highest BCUT2D eigenvalue weighted by Gasteiger charge is 2.25. The Balaban J connectivity index is 2.28. The quantitative estimate of drug-likeness (QED) is 0.739. The lowest BCUT2D eigenvalue weighted by Crippen LogP contribution is -2.15. The van der Waals surface area contributed by atoms with Gasteiger partial charge in [-0.05, 0) is 36.8 Å². The number of rotatable bonds is 3. The van der Waals surface area contributed by atoms with Gasteiger partial charge in [-0.3, -0.25) is 0 Å². The molecule has 0 saturated heterocycles. The van der Waals surface area contributed by atoms with Gasteiger partial charge >= 0.3 is 0 Å². The minimum atomic E-state index is -3.87. The molecule has 0 unspecified atom stereocenters. The molecule has 1 aromatic heterocycles. The van der Waals surface area contributed by atoms with Crippen molar-refractivity contribution in [2.75, 3.05) is 7.11 Å². The molecule has 0 aliphatic heterocycles. The highest BCUT2D eigenvalue weighted by Crippen LogP contribution is 2.27. The summed E-state index contributed by atoms with van der Waals surface area (Å²) in [5.74, 6) is 0.278. The van der Waals surface area contributed by atoms with Crippen molar-refractivity contribution in [1.29, 1.82) is 0 Å². The van der Waals surface area contributed by atoms with Crippen LogP contribution in [0.25, 0.3) is 11.0 Å². The van der Waals surface area contributed by atoms with E-state index in [1.165, 1.54) is 7.11 Å². The van der Waals surface area contributed by atoms with Gasteiger partial charge in [0.25, 0.3) is 10.0 Å². The van der Waals surface area contributed by atoms with Crippen LogP contribution < -0.4 is 4.74 Å². The molecule has 0 aliphatic rings. The van der Waals surface area contributed by atoms with Crippen LogP contribution in [0, 0.1) is 6.92 Å². The number of benzene rings is 2. The summed E-state index contributed by atoms with van der Waals surface area (Å²) >= 11 is 0. The predicted octanol–water partition coefficient (Wildman–Crippen LogP) is 1.99. The Kier molecular flexibility index (Phi) is 3.13. The number of fused-ring (bicyclic) bond motifs is 1. The lowest BCUT2D eigenvalue weighted by atomic mass is 10.2. The van der Waals surface area contributed by atoms with Gasteiger partial charge in [-0.1, -0.05) is 23.4 Å². The van der Waals surface area contributed by atoms with Crippen molar-refractivity contribution < 1.29 is 13.2 Å². The molecular formula is C14H13N3O3S. The molecule has 108 valence electrons. The van der Waals surface area contributed by atoms with Gasteiger partial charge < -0.3 is 4.74 Å². The summed E-state index contributed by atoms with van der Waals surface area (Å²) in [7, 11) is -2.44. The van der Waals surface area contributed by atoms with Crippen LogP contribution in [0.5, 0.6) is 5.75 Å². The summed E-state index contributed by atoms with van der Waals surface area (Å²) in [4.78, 5) is 0.0700. The molecule has 0 saturated carbocycles. The molecule has 0 fully saturated rings. The second-order valence-corrected chi connectivity index (χ2v) is 6.32. The smallest absolute Gasteiger partial charge is 0.288 e. The van der Waals surface area contributed by atoms with Crippen molar-refractivity contribution in [3.05, 3.63) is 48.0 Å². The summed E-state index contributed by atoms with van der Waals surface area (Å²) in [5, 5.41) is 7.65. The summed E-state index contributed by atoms with van der Waals surface area (Å²) in [6.07, 6.45) is 0. The Bertz CT molecular complexity index is 916. The molecule has 3 aromatic rings. The van der Waals surface area contributed by atoms with Crippen LogP contribution in [0.3, 0.4) is 0 Å². The van der Waals surface area contributed by atoms with E-state index in [4.69, 9.17) is 4.74 Å². The second-order valence-electron chi connectivity index (χ2n) is 4.58. The Morgan fingerprint density at radius 2 is 1.90 bits per heavy atom. The van der Waals surface area contributed by atoms with Crippen LogP contribution in [0.4, 0.5) is 0 Å². The molecule has 6 nitrogen and oxygen atoms in total. The maximum Gasteiger partial charge on any atom is 0.288 e. The van der Waals surface area contributed by atoms with Crippen molar-refractivity contribution in [1.82, 2.24) is 14.4 Å². The highest BCUT2D eigenvalue weighted by atomic mass is 32.2. The third-order valence-corrected chi connectivity index (χ3v) is 4.75. The topological polar surface area (TPSA) is 74.1 Å². The number of aromatic nitrogens is 3. The van der Waals surface area contributed by atoms with Crippen LogP contribution in [-0.2, 0) is 10.0 Å². The molecule has 1 heterocycles. The molecule has 0 aliphatic carbocycles. The normalized spacial score (nSPS) is 11.7. The van der Waals surface area contributed by atoms with Gasteiger partial charge in [0, 0.05) is 0 Å². The maximum atomic E-state index is 12.8. The van der Waals surface area contributed by atoms with Crippen LogP contribution in [0.2, 0.25) is 0 Å². The zero-order valence-electron chi connectivity index (χ0n) is 11.5. The Hall–Kier alpha value is -2.41. The number of nitrogens with zero attached hydrogens (tertiary/aromatic N) is 3. The summed E-state index contributed by atoms with van der Waals surface area (Å²) in [5.41, 5.74) is 1.77. The van der Waals surface area contributed by atoms with Crippen molar-refractivity contribution in [3.63, 3.8) is 0 Å². The fourth-order valence-electron chi connectivity index (χ4n) is 2.10. The first-order valence-corrected chi connectivity index (χ1v) is 7.69. The first-order valence-electron chi connectivity index (χ1n) is 6.25. The van der Waals surface area contributed by atoms with E-state index in [9.17, 15) is 8.42 Å². The maximum absolute atomic E-state index is 12.8. The molecule has 0 spiro atoms. The van der Waals surface area contributed by atoms with Gasteiger partial charge in [-0.15, -0.1) is 9.19 Å². The number of para-hydroxylation sites is 1. The Morgan fingerprint density at radius 1 is 1.14 bits per heavy atom. The summed E-state index contributed by atoms with van der Waals surface area (Å²) in [6.45, 7) is 1.82. The molecule has 21 heavy (non-hydrogen) atoms. The largest absolute Gasteiger partial charge is 0.495 e. The number of hydrogen-bond acceptors (Lipinski definition) is 5. The standard InChI is InChI=1S/C14H13N3O3S/c1-10-7-8-13(20-2)14(9-10)21(18,19)17-12-6-4-3-5-11(12)15-16-17/h3-9H,1-2H3. The molecule has 0 atom stereocenters. The van der Waals surface area contributed by atoms with Gasteiger partial charge in [-0.2, -0.15) is 8.42 Å². The van der Waals surface area contributed by atoms with Gasteiger partial charge in [0.2, 0.25) is 0 Å². The van der Waals surface area contributed by atoms with Crippen molar-refractivity contribution >= 4 is 21.1 Å². The van der Waals surface area contributed by atoms with E-state index in [2.05, 4.69) is 10.3 Å². The monoisotopic (exact) mass is 303 g/mol. The van der Waals surface area contributed by atoms with Gasteiger partial charge in [0.15, 0.2) is 0 Å². The molecule has 0 radical (unpaired) electrons. The number of methoxy groups -OCH3 is 1. The minimum absolute atomic E-state index is 0.0700. The third-order valence-electron chi connectivity index (χ3n) is 3.15. The Labute approximate surface area is 122 Å². The average molecular weight is 303 g/mol. The zero-order valence-corrected chi connectivity index (χ0v) is 12.3. The zero-order chi connectivity index (χ0) is 15.0. The third kappa shape index (κ3) is 2.15. The summed E-state index contributed by atoms with van der Waals surface area (Å²) in [6, 6.07) is 11.9. The van der Waals surface area contributed by atoms with Crippen LogP contribution in [0.1, 0.15) is 5.56 Å². The van der Waals surface area contributed by atoms with E-state index in [1.807, 2.05) is 6.92 Å². The second kappa shape index (κ2) is 4.85. The average Bonchev–Trinajstić information content (AvgIpc) is 2.92. The molecule has 0 N–H and O–H groups in total. The minimum Gasteiger partial charge on any atom is -0.495 e. The Morgan fingerprint density at radius 3 is 2.67 bits per heavy atom. The van der Waals surface area contributed by atoms with E-state index in [1.54, 1.807) is 42.5 Å². The van der Waals surface area contributed by atoms with E-state index in [-0.39, 0.29) is 10.6 Å². The van der Waals surface area contributed by atoms with Crippen molar-refractivity contribution in [2.45, 2.75) is 11.8 Å². The number of ether oxygens (including phenoxy) is 1. The van der Waals surface area contributed by atoms with Crippen molar-refractivity contribution in [3.8, 4) is 5.75 Å². The molecule has 7 heteroatoms. The van der Waals surface area contributed by atoms with E-state index in [0.29, 0.717) is 11.0 Å². The van der Waals surface area contributed by atoms with Crippen molar-refractivity contribution in [2.24, 2.45) is 0 Å². The molecule has 0 bridgehead atoms. The van der Waals surface area contributed by atoms with Crippen LogP contribution in [-0.4, -0.2) is 29.9 Å². The molecular weight excluding hydrogens is 290 g/mol. The summed E-state index contributed by atoms with van der Waals surface area (Å²) < 4.78 is 31.7. The first kappa shape index (κ1) is 13.6. The number of hydrogen-bond donors (Lipinski definition) is 0. The van der Waals surface area contributed by atoms with Gasteiger partial charge in [0.05, 0.1) is 7.11 Å². The lowest BCUT2D eigenvalue weighted by molar-refractivity contribution is 0.402. The van der Waals surface area contributed by atoms with Crippen LogP contribution in [0.15, 0.2) is 47.4 Å². The predicted molar refractivity (Wildman–Crippen MR) is 77.8 cm³/mol. The van der Waals surface area contributed by atoms with E-state index in [0.717, 1.165) is 9.65 Å². The fraction of sp³-hybridized carbons (Fsp3) is 0.143. The van der Waals surface area contributed by atoms with Gasteiger partial charge in [-0.25, -0.2) is 0 Å². The van der Waals surface area contributed by atoms with Gasteiger partial charge in [0.1, 0.15) is 21.7 Å². The molecule has 2 aromatic carbocycles. The first-order chi connectivity index (χ1) is 10.0. The van der Waals surface area contributed by atoms with Crippen LogP contribution >= 0.6 is 0 Å². The van der Waals surface area contributed by atoms with E-state index < -0.39 is 10.0 Å². The SMILES string of the molecule is COc1ccc(C)cc1S(=O)(=O)n1nnc2ccccc21. The van der Waals surface area contributed by atoms with E-state index >= 15 is 0 Å².